The minimum absolute atomic E-state index is 0.0998. The van der Waals surface area contributed by atoms with Gasteiger partial charge in [0.05, 0.1) is 0 Å². The molecule has 1 N–H and O–H groups in total. The van der Waals surface area contributed by atoms with Crippen LogP contribution in [0.2, 0.25) is 0 Å². The Morgan fingerprint density at radius 2 is 1.89 bits per heavy atom. The summed E-state index contributed by atoms with van der Waals surface area (Å²) >= 11 is 0. The molecule has 0 amide bonds. The number of hydrogen-bond acceptors (Lipinski definition) is 1. The van der Waals surface area contributed by atoms with Gasteiger partial charge in [0.25, 0.3) is 0 Å². The Hall–Kier alpha value is -0.960. The van der Waals surface area contributed by atoms with Gasteiger partial charge >= 0.3 is 0 Å². The molecule has 1 aromatic carbocycles. The molecule has 0 heterocycles. The lowest BCUT2D eigenvalue weighted by Crippen LogP contribution is -2.25. The van der Waals surface area contributed by atoms with Crippen LogP contribution in [0.1, 0.15) is 58.1 Å². The lowest BCUT2D eigenvalue weighted by Gasteiger charge is -2.23. The van der Waals surface area contributed by atoms with E-state index in [0.717, 1.165) is 32.2 Å². The van der Waals surface area contributed by atoms with E-state index >= 15 is 0 Å². The summed E-state index contributed by atoms with van der Waals surface area (Å²) in [4.78, 5) is 0. The van der Waals surface area contributed by atoms with E-state index in [1.165, 1.54) is 18.2 Å². The van der Waals surface area contributed by atoms with Gasteiger partial charge in [-0.3, -0.25) is 0 Å². The fraction of sp³-hybridized carbons (Fsp3) is 0.625. The Morgan fingerprint density at radius 3 is 2.53 bits per heavy atom. The van der Waals surface area contributed by atoms with E-state index in [2.05, 4.69) is 26.1 Å². The summed E-state index contributed by atoms with van der Waals surface area (Å²) in [7, 11) is 0. The Kier molecular flexibility index (Phi) is 7.00. The van der Waals surface area contributed by atoms with Crippen molar-refractivity contribution in [3.63, 3.8) is 0 Å². The lowest BCUT2D eigenvalue weighted by atomic mass is 9.92. The van der Waals surface area contributed by atoms with Gasteiger partial charge in [0, 0.05) is 11.6 Å². The second kappa shape index (κ2) is 8.26. The average molecular weight is 269 g/mol. The van der Waals surface area contributed by atoms with Crippen molar-refractivity contribution in [3.05, 3.63) is 35.4 Å². The van der Waals surface area contributed by atoms with Crippen LogP contribution in [-0.4, -0.2) is 6.54 Å². The van der Waals surface area contributed by atoms with Crippen LogP contribution in [0.5, 0.6) is 0 Å². The highest BCUT2D eigenvalue weighted by atomic mass is 19.1. The number of nitrogens with one attached hydrogen (secondary N) is 1. The van der Waals surface area contributed by atoms with Crippen molar-refractivity contribution >= 4 is 0 Å². The molecule has 0 aliphatic rings. The monoisotopic (exact) mass is 269 g/mol. The van der Waals surface area contributed by atoms with Crippen LogP contribution in [0.3, 0.4) is 0 Å². The molecule has 0 saturated heterocycles. The smallest absolute Gasteiger partial charge is 0.128 e. The molecule has 2 unspecified atom stereocenters. The predicted octanol–water partition coefficient (Wildman–Crippen LogP) is 4.83. The Labute approximate surface area is 115 Å². The molecule has 0 spiro atoms. The van der Waals surface area contributed by atoms with E-state index in [9.17, 15) is 8.78 Å². The van der Waals surface area contributed by atoms with Gasteiger partial charge in [-0.25, -0.2) is 8.78 Å². The molecule has 0 fully saturated rings. The Morgan fingerprint density at radius 1 is 1.16 bits per heavy atom. The first-order valence-corrected chi connectivity index (χ1v) is 7.26. The summed E-state index contributed by atoms with van der Waals surface area (Å²) in [5.74, 6) is -0.191. The van der Waals surface area contributed by atoms with Gasteiger partial charge in [-0.1, -0.05) is 33.6 Å². The van der Waals surface area contributed by atoms with Crippen LogP contribution in [0.25, 0.3) is 0 Å². The molecule has 0 bridgehead atoms. The van der Waals surface area contributed by atoms with E-state index in [-0.39, 0.29) is 17.7 Å². The van der Waals surface area contributed by atoms with Gasteiger partial charge in [-0.15, -0.1) is 0 Å². The zero-order valence-corrected chi connectivity index (χ0v) is 12.2. The zero-order valence-electron chi connectivity index (χ0n) is 12.2. The van der Waals surface area contributed by atoms with E-state index in [1.807, 2.05) is 0 Å². The summed E-state index contributed by atoms with van der Waals surface area (Å²) in [6.45, 7) is 7.20. The molecule has 1 rings (SSSR count). The zero-order chi connectivity index (χ0) is 14.3. The van der Waals surface area contributed by atoms with E-state index in [4.69, 9.17) is 0 Å². The maximum absolute atomic E-state index is 13.9. The van der Waals surface area contributed by atoms with Gasteiger partial charge < -0.3 is 5.32 Å². The van der Waals surface area contributed by atoms with Crippen LogP contribution in [0.4, 0.5) is 8.78 Å². The third kappa shape index (κ3) is 5.27. The standard InChI is InChI=1S/C16H25F2N/c1-4-6-12(3)10-16(19-9-5-2)14-11-13(17)7-8-15(14)18/h7-8,11-12,16,19H,4-6,9-10H2,1-3H3. The van der Waals surface area contributed by atoms with Crippen LogP contribution in [0, 0.1) is 17.6 Å². The van der Waals surface area contributed by atoms with Gasteiger partial charge in [0.2, 0.25) is 0 Å². The van der Waals surface area contributed by atoms with Crippen molar-refractivity contribution in [2.24, 2.45) is 5.92 Å². The van der Waals surface area contributed by atoms with Crippen LogP contribution < -0.4 is 5.32 Å². The maximum atomic E-state index is 13.9. The molecular weight excluding hydrogens is 244 g/mol. The molecule has 19 heavy (non-hydrogen) atoms. The topological polar surface area (TPSA) is 12.0 Å². The second-order valence-electron chi connectivity index (χ2n) is 5.30. The fourth-order valence-corrected chi connectivity index (χ4v) is 2.43. The van der Waals surface area contributed by atoms with E-state index in [1.54, 1.807) is 0 Å². The minimum atomic E-state index is -0.372. The average Bonchev–Trinajstić information content (AvgIpc) is 2.38. The Bertz CT molecular complexity index is 379. The summed E-state index contributed by atoms with van der Waals surface area (Å²) in [5, 5.41) is 3.34. The third-order valence-electron chi connectivity index (χ3n) is 3.39. The molecule has 1 nitrogen and oxygen atoms in total. The maximum Gasteiger partial charge on any atom is 0.128 e. The first kappa shape index (κ1) is 16.1. The SMILES string of the molecule is CCCNC(CC(C)CCC)c1cc(F)ccc1F. The highest BCUT2D eigenvalue weighted by molar-refractivity contribution is 5.22. The fourth-order valence-electron chi connectivity index (χ4n) is 2.43. The van der Waals surface area contributed by atoms with Crippen molar-refractivity contribution in [1.29, 1.82) is 0 Å². The van der Waals surface area contributed by atoms with Gasteiger partial charge in [0.15, 0.2) is 0 Å². The summed E-state index contributed by atoms with van der Waals surface area (Å²) < 4.78 is 27.2. The summed E-state index contributed by atoms with van der Waals surface area (Å²) in [6.07, 6.45) is 4.05. The lowest BCUT2D eigenvalue weighted by molar-refractivity contribution is 0.380. The van der Waals surface area contributed by atoms with Crippen LogP contribution in [0.15, 0.2) is 18.2 Å². The molecule has 108 valence electrons. The molecule has 0 aliphatic heterocycles. The first-order valence-electron chi connectivity index (χ1n) is 7.26. The minimum Gasteiger partial charge on any atom is -0.310 e. The third-order valence-corrected chi connectivity index (χ3v) is 3.39. The molecule has 0 aromatic heterocycles. The van der Waals surface area contributed by atoms with Gasteiger partial charge in [-0.2, -0.15) is 0 Å². The van der Waals surface area contributed by atoms with E-state index in [0.29, 0.717) is 11.5 Å². The highest BCUT2D eigenvalue weighted by Crippen LogP contribution is 2.26. The molecular formula is C16H25F2N. The van der Waals surface area contributed by atoms with E-state index < -0.39 is 0 Å². The van der Waals surface area contributed by atoms with Crippen molar-refractivity contribution in [2.75, 3.05) is 6.54 Å². The van der Waals surface area contributed by atoms with Gasteiger partial charge in [0.1, 0.15) is 11.6 Å². The van der Waals surface area contributed by atoms with Crippen molar-refractivity contribution in [2.45, 2.75) is 52.5 Å². The molecule has 3 heteroatoms. The van der Waals surface area contributed by atoms with Gasteiger partial charge in [-0.05, 0) is 43.5 Å². The predicted molar refractivity (Wildman–Crippen MR) is 76.1 cm³/mol. The van der Waals surface area contributed by atoms with Crippen molar-refractivity contribution < 1.29 is 8.78 Å². The second-order valence-corrected chi connectivity index (χ2v) is 5.30. The number of rotatable bonds is 8. The normalized spacial score (nSPS) is 14.4. The summed E-state index contributed by atoms with van der Waals surface area (Å²) in [6, 6.07) is 3.61. The molecule has 1 aromatic rings. The largest absolute Gasteiger partial charge is 0.310 e. The molecule has 0 radical (unpaired) electrons. The first-order chi connectivity index (χ1) is 9.08. The molecule has 0 saturated carbocycles. The molecule has 2 atom stereocenters. The number of halogens is 2. The number of benzene rings is 1. The Balaban J connectivity index is 2.85. The summed E-state index contributed by atoms with van der Waals surface area (Å²) in [5.41, 5.74) is 0.455. The molecule has 0 aliphatic carbocycles. The van der Waals surface area contributed by atoms with Crippen molar-refractivity contribution in [1.82, 2.24) is 5.32 Å². The van der Waals surface area contributed by atoms with Crippen LogP contribution >= 0.6 is 0 Å². The number of hydrogen-bond donors (Lipinski definition) is 1. The van der Waals surface area contributed by atoms with Crippen LogP contribution in [-0.2, 0) is 0 Å². The highest BCUT2D eigenvalue weighted by Gasteiger charge is 2.18. The van der Waals surface area contributed by atoms with Crippen molar-refractivity contribution in [3.8, 4) is 0 Å². The quantitative estimate of drug-likeness (QED) is 0.712.